The van der Waals surface area contributed by atoms with Crippen LogP contribution in [0, 0.1) is 18.3 Å². The predicted octanol–water partition coefficient (Wildman–Crippen LogP) is 0.996. The summed E-state index contributed by atoms with van der Waals surface area (Å²) in [4.78, 5) is 14.0. The number of aliphatic hydroxyl groups excluding tert-OH is 1. The van der Waals surface area contributed by atoms with Crippen LogP contribution in [0.4, 0.5) is 4.39 Å². The minimum absolute atomic E-state index is 0.00744. The van der Waals surface area contributed by atoms with E-state index in [4.69, 9.17) is 5.26 Å². The van der Waals surface area contributed by atoms with Gasteiger partial charge in [-0.05, 0) is 0 Å². The number of aliphatic hydroxyl groups is 1. The van der Waals surface area contributed by atoms with Gasteiger partial charge in [0.2, 0.25) is 0 Å². The molecular formula is C15H16FN2O2Y. The molecule has 0 aliphatic carbocycles. The number of alkyl halides is 1. The molecule has 6 heteroatoms. The van der Waals surface area contributed by atoms with Crippen molar-refractivity contribution in [1.82, 2.24) is 4.90 Å². The van der Waals surface area contributed by atoms with Gasteiger partial charge in [-0.3, -0.25) is 0 Å². The zero-order valence-corrected chi connectivity index (χ0v) is 14.7. The summed E-state index contributed by atoms with van der Waals surface area (Å²) in [7, 11) is 0. The molecule has 1 N–H and O–H groups in total. The standard InChI is InChI=1S/C15H16FN2O2.Y/c1-11-2-4-12(5-3-11)14(20)18-8-6-15(16,7-9-18)13(19)10-17;/h2,4-5,13,19H,6-9H2,1H3;. The third-order valence-corrected chi connectivity index (χ3v) is 5.55. The number of hydrogen-bond donors (Lipinski definition) is 1. The van der Waals surface area contributed by atoms with Crippen LogP contribution < -0.4 is 2.37 Å². The van der Waals surface area contributed by atoms with Gasteiger partial charge in [0, 0.05) is 0 Å². The molecule has 4 nitrogen and oxygen atoms in total. The summed E-state index contributed by atoms with van der Waals surface area (Å²) >= 11 is 0.943. The monoisotopic (exact) mass is 364 g/mol. The summed E-state index contributed by atoms with van der Waals surface area (Å²) in [6.45, 7) is 2.45. The van der Waals surface area contributed by atoms with Gasteiger partial charge < -0.3 is 0 Å². The Bertz CT molecular complexity index is 592. The minimum atomic E-state index is -1.90. The fourth-order valence-corrected chi connectivity index (χ4v) is 3.10. The van der Waals surface area contributed by atoms with Crippen molar-refractivity contribution >= 4 is 8.28 Å². The molecule has 1 aromatic rings. The fourth-order valence-electron chi connectivity index (χ4n) is 2.43. The molecule has 1 heterocycles. The van der Waals surface area contributed by atoms with E-state index in [2.05, 4.69) is 0 Å². The topological polar surface area (TPSA) is 64.3 Å². The molecule has 108 valence electrons. The number of rotatable bonds is 2. The van der Waals surface area contributed by atoms with Crippen LogP contribution in [-0.2, 0) is 31.0 Å². The molecule has 1 amide bonds. The van der Waals surface area contributed by atoms with E-state index in [1.807, 2.05) is 19.1 Å². The molecule has 0 radical (unpaired) electrons. The number of aryl methyl sites for hydroxylation is 1. The van der Waals surface area contributed by atoms with Gasteiger partial charge in [0.1, 0.15) is 0 Å². The molecule has 1 saturated heterocycles. The van der Waals surface area contributed by atoms with Crippen LogP contribution in [-0.4, -0.2) is 40.8 Å². The van der Waals surface area contributed by atoms with E-state index < -0.39 is 11.8 Å². The van der Waals surface area contributed by atoms with Crippen LogP contribution in [0.25, 0.3) is 0 Å². The molecule has 1 aromatic carbocycles. The van der Waals surface area contributed by atoms with Crippen molar-refractivity contribution < 1.29 is 45.2 Å². The van der Waals surface area contributed by atoms with Crippen molar-refractivity contribution in [2.45, 2.75) is 31.5 Å². The van der Waals surface area contributed by atoms with E-state index in [0.717, 1.165) is 31.0 Å². The number of carbonyl (C=O) groups excluding carboxylic acids is 1. The molecule has 1 atom stereocenters. The van der Waals surface area contributed by atoms with Crippen molar-refractivity contribution in [1.29, 1.82) is 5.26 Å². The Labute approximate surface area is 143 Å². The van der Waals surface area contributed by atoms with Crippen LogP contribution in [0.5, 0.6) is 0 Å². The fraction of sp³-hybridized carbons (Fsp3) is 0.467. The Morgan fingerprint density at radius 2 is 2.14 bits per heavy atom. The number of nitrogens with zero attached hydrogens (tertiary/aromatic N) is 2. The van der Waals surface area contributed by atoms with Crippen LogP contribution in [0.2, 0.25) is 0 Å². The van der Waals surface area contributed by atoms with Crippen molar-refractivity contribution in [3.8, 4) is 6.07 Å². The molecule has 0 saturated carbocycles. The first-order chi connectivity index (χ1) is 9.87. The van der Waals surface area contributed by atoms with E-state index in [-0.39, 0.29) is 31.8 Å². The SMILES string of the molecule is Cc1ccc(C(=O)N2CCC(F)(C(O)C#N)CC2)c[c]1[Y]. The second kappa shape index (κ2) is 6.52. The molecule has 2 rings (SSSR count). The normalized spacial score (nSPS) is 18.8. The number of piperidine rings is 1. The Morgan fingerprint density at radius 1 is 1.52 bits per heavy atom. The van der Waals surface area contributed by atoms with E-state index in [0.29, 0.717) is 5.56 Å². The van der Waals surface area contributed by atoms with Crippen LogP contribution in [0.1, 0.15) is 28.8 Å². The molecule has 1 fully saturated rings. The summed E-state index contributed by atoms with van der Waals surface area (Å²) in [6.07, 6.45) is -1.64. The average molecular weight is 364 g/mol. The Hall–Kier alpha value is -0.826. The quantitative estimate of drug-likeness (QED) is 0.797. The number of benzene rings is 1. The molecule has 21 heavy (non-hydrogen) atoms. The molecule has 1 aliphatic heterocycles. The Morgan fingerprint density at radius 3 is 2.67 bits per heavy atom. The van der Waals surface area contributed by atoms with Crippen molar-refractivity contribution in [2.75, 3.05) is 13.1 Å². The molecule has 1 unspecified atom stereocenters. The molecule has 0 aromatic heterocycles. The maximum atomic E-state index is 14.3. The molecular weight excluding hydrogens is 348 g/mol. The summed E-state index contributed by atoms with van der Waals surface area (Å²) in [6, 6.07) is 7.15. The second-order valence-corrected chi connectivity index (χ2v) is 6.96. The zero-order chi connectivity index (χ0) is 15.6. The first kappa shape index (κ1) is 16.5. The Kier molecular flexibility index (Phi) is 5.13. The number of hydrogen-bond acceptors (Lipinski definition) is 3. The van der Waals surface area contributed by atoms with E-state index in [1.165, 1.54) is 7.94 Å². The number of halogens is 1. The molecule has 0 spiro atoms. The third kappa shape index (κ3) is 3.50. The van der Waals surface area contributed by atoms with Gasteiger partial charge in [-0.2, -0.15) is 0 Å². The van der Waals surface area contributed by atoms with Crippen LogP contribution in [0.3, 0.4) is 0 Å². The van der Waals surface area contributed by atoms with Gasteiger partial charge in [-0.15, -0.1) is 0 Å². The van der Waals surface area contributed by atoms with Gasteiger partial charge in [0.15, 0.2) is 0 Å². The van der Waals surface area contributed by atoms with E-state index in [9.17, 15) is 14.3 Å². The molecule has 1 aliphatic rings. The number of nitriles is 1. The van der Waals surface area contributed by atoms with Gasteiger partial charge in [-0.1, -0.05) is 0 Å². The van der Waals surface area contributed by atoms with Gasteiger partial charge in [0.25, 0.3) is 0 Å². The molecule has 0 bridgehead atoms. The Balaban J connectivity index is 2.07. The summed E-state index contributed by atoms with van der Waals surface area (Å²) in [5.41, 5.74) is -0.107. The average Bonchev–Trinajstić information content (AvgIpc) is 2.49. The first-order valence-corrected chi connectivity index (χ1v) is 8.21. The van der Waals surface area contributed by atoms with E-state index in [1.54, 1.807) is 17.0 Å². The van der Waals surface area contributed by atoms with Gasteiger partial charge >= 0.3 is 144 Å². The number of likely N-dealkylation sites (tertiary alicyclic amines) is 1. The third-order valence-electron chi connectivity index (χ3n) is 4.02. The summed E-state index contributed by atoms with van der Waals surface area (Å²) in [5.74, 6) is -0.112. The summed E-state index contributed by atoms with van der Waals surface area (Å²) in [5, 5.41) is 18.1. The van der Waals surface area contributed by atoms with Crippen molar-refractivity contribution in [3.05, 3.63) is 29.3 Å². The first-order valence-electron chi connectivity index (χ1n) is 6.79. The van der Waals surface area contributed by atoms with Gasteiger partial charge in [-0.25, -0.2) is 0 Å². The maximum absolute atomic E-state index is 14.3. The van der Waals surface area contributed by atoms with Crippen LogP contribution >= 0.6 is 0 Å². The predicted molar refractivity (Wildman–Crippen MR) is 71.4 cm³/mol. The zero-order valence-electron chi connectivity index (χ0n) is 11.8. The van der Waals surface area contributed by atoms with Crippen LogP contribution in [0.15, 0.2) is 18.2 Å². The number of carbonyl (C=O) groups is 1. The second-order valence-electron chi connectivity index (χ2n) is 5.43. The van der Waals surface area contributed by atoms with Gasteiger partial charge in [0.05, 0.1) is 0 Å². The number of amides is 1. The summed E-state index contributed by atoms with van der Waals surface area (Å²) < 4.78 is 15.5. The van der Waals surface area contributed by atoms with E-state index >= 15 is 0 Å². The van der Waals surface area contributed by atoms with Crippen molar-refractivity contribution in [2.24, 2.45) is 0 Å². The van der Waals surface area contributed by atoms with Crippen molar-refractivity contribution in [3.63, 3.8) is 0 Å².